The van der Waals surface area contributed by atoms with Gasteiger partial charge >= 0.3 is 0 Å². The summed E-state index contributed by atoms with van der Waals surface area (Å²) >= 11 is 0. The van der Waals surface area contributed by atoms with Gasteiger partial charge in [-0.2, -0.15) is 0 Å². The Balaban J connectivity index is 2.12. The van der Waals surface area contributed by atoms with Crippen LogP contribution in [0.25, 0.3) is 0 Å². The number of hydrogen-bond acceptors (Lipinski definition) is 3. The van der Waals surface area contributed by atoms with E-state index in [0.29, 0.717) is 12.0 Å². The highest BCUT2D eigenvalue weighted by molar-refractivity contribution is 4.99. The van der Waals surface area contributed by atoms with Crippen molar-refractivity contribution in [2.24, 2.45) is 5.73 Å². The molecular formula is C10H15N3O. The standard InChI is InChI=1S/C10H15N3O/c11-8-3-1-7(2-4-8)10-12-6-5-9(14)13-10/h5-8H,1-4,11H2,(H,12,13,14). The molecule has 1 saturated carbocycles. The summed E-state index contributed by atoms with van der Waals surface area (Å²) in [5, 5.41) is 0. The maximum atomic E-state index is 11.1. The van der Waals surface area contributed by atoms with Crippen molar-refractivity contribution >= 4 is 0 Å². The molecule has 0 aliphatic heterocycles. The van der Waals surface area contributed by atoms with Gasteiger partial charge in [-0.1, -0.05) is 0 Å². The summed E-state index contributed by atoms with van der Waals surface area (Å²) in [6, 6.07) is 1.78. The van der Waals surface area contributed by atoms with E-state index in [2.05, 4.69) is 9.97 Å². The van der Waals surface area contributed by atoms with E-state index in [1.165, 1.54) is 6.07 Å². The summed E-state index contributed by atoms with van der Waals surface area (Å²) in [5.74, 6) is 1.22. The fourth-order valence-electron chi connectivity index (χ4n) is 1.99. The Kier molecular flexibility index (Phi) is 2.63. The zero-order valence-electron chi connectivity index (χ0n) is 8.07. The maximum absolute atomic E-state index is 11.1. The number of nitrogens with two attached hydrogens (primary N) is 1. The second kappa shape index (κ2) is 3.92. The predicted molar refractivity (Wildman–Crippen MR) is 54.0 cm³/mol. The first-order valence-electron chi connectivity index (χ1n) is 5.06. The third-order valence-corrected chi connectivity index (χ3v) is 2.85. The first-order chi connectivity index (χ1) is 6.75. The quantitative estimate of drug-likeness (QED) is 0.691. The van der Waals surface area contributed by atoms with E-state index in [1.54, 1.807) is 6.20 Å². The van der Waals surface area contributed by atoms with Crippen molar-refractivity contribution < 1.29 is 0 Å². The summed E-state index contributed by atoms with van der Waals surface area (Å²) in [6.07, 6.45) is 5.71. The smallest absolute Gasteiger partial charge is 0.250 e. The summed E-state index contributed by atoms with van der Waals surface area (Å²) < 4.78 is 0. The van der Waals surface area contributed by atoms with Crippen LogP contribution in [0.2, 0.25) is 0 Å². The molecule has 4 heteroatoms. The number of nitrogens with one attached hydrogen (secondary N) is 1. The maximum Gasteiger partial charge on any atom is 0.250 e. The van der Waals surface area contributed by atoms with Crippen LogP contribution in [-0.4, -0.2) is 16.0 Å². The minimum Gasteiger partial charge on any atom is -0.328 e. The van der Waals surface area contributed by atoms with E-state index in [4.69, 9.17) is 5.73 Å². The zero-order valence-corrected chi connectivity index (χ0v) is 8.07. The van der Waals surface area contributed by atoms with Crippen LogP contribution in [0.15, 0.2) is 17.1 Å². The van der Waals surface area contributed by atoms with Gasteiger partial charge < -0.3 is 10.7 Å². The number of nitrogens with zero attached hydrogens (tertiary/aromatic N) is 1. The molecule has 0 unspecified atom stereocenters. The Labute approximate surface area is 82.6 Å². The zero-order chi connectivity index (χ0) is 9.97. The van der Waals surface area contributed by atoms with Gasteiger partial charge in [-0.25, -0.2) is 4.98 Å². The molecule has 1 aliphatic rings. The lowest BCUT2D eigenvalue weighted by Crippen LogP contribution is -2.27. The SMILES string of the molecule is NC1CCC(c2nccc(=O)[nH]2)CC1. The lowest BCUT2D eigenvalue weighted by Gasteiger charge is -2.24. The van der Waals surface area contributed by atoms with Gasteiger partial charge in [0.05, 0.1) is 0 Å². The van der Waals surface area contributed by atoms with Crippen molar-refractivity contribution in [3.8, 4) is 0 Å². The van der Waals surface area contributed by atoms with Crippen LogP contribution >= 0.6 is 0 Å². The molecule has 1 aliphatic carbocycles. The minimum absolute atomic E-state index is 0.0649. The van der Waals surface area contributed by atoms with Gasteiger partial charge in [0, 0.05) is 24.2 Å². The minimum atomic E-state index is -0.0649. The van der Waals surface area contributed by atoms with Gasteiger partial charge in [0.25, 0.3) is 5.56 Å². The van der Waals surface area contributed by atoms with Crippen LogP contribution in [-0.2, 0) is 0 Å². The fourth-order valence-corrected chi connectivity index (χ4v) is 1.99. The normalized spacial score (nSPS) is 27.5. The van der Waals surface area contributed by atoms with Crippen molar-refractivity contribution in [3.05, 3.63) is 28.4 Å². The summed E-state index contributed by atoms with van der Waals surface area (Å²) in [4.78, 5) is 18.1. The molecule has 0 saturated heterocycles. The molecule has 4 nitrogen and oxygen atoms in total. The molecule has 2 rings (SSSR count). The second-order valence-corrected chi connectivity index (χ2v) is 3.93. The van der Waals surface area contributed by atoms with Crippen molar-refractivity contribution in [3.63, 3.8) is 0 Å². The highest BCUT2D eigenvalue weighted by Crippen LogP contribution is 2.29. The van der Waals surface area contributed by atoms with Crippen LogP contribution in [0, 0.1) is 0 Å². The average Bonchev–Trinajstić information content (AvgIpc) is 2.19. The van der Waals surface area contributed by atoms with Crippen molar-refractivity contribution in [1.29, 1.82) is 0 Å². The lowest BCUT2D eigenvalue weighted by atomic mass is 9.86. The third-order valence-electron chi connectivity index (χ3n) is 2.85. The molecule has 1 fully saturated rings. The first-order valence-corrected chi connectivity index (χ1v) is 5.06. The molecule has 76 valence electrons. The van der Waals surface area contributed by atoms with Gasteiger partial charge in [0.1, 0.15) is 5.82 Å². The van der Waals surface area contributed by atoms with Crippen LogP contribution < -0.4 is 11.3 Å². The molecule has 0 radical (unpaired) electrons. The van der Waals surface area contributed by atoms with Gasteiger partial charge in [-0.3, -0.25) is 4.79 Å². The van der Waals surface area contributed by atoms with Gasteiger partial charge in [-0.05, 0) is 25.7 Å². The van der Waals surface area contributed by atoms with Crippen molar-refractivity contribution in [2.45, 2.75) is 37.6 Å². The number of hydrogen-bond donors (Lipinski definition) is 2. The largest absolute Gasteiger partial charge is 0.328 e. The highest BCUT2D eigenvalue weighted by atomic mass is 16.1. The van der Waals surface area contributed by atoms with E-state index in [1.807, 2.05) is 0 Å². The molecular weight excluding hydrogens is 178 g/mol. The second-order valence-electron chi connectivity index (χ2n) is 3.93. The van der Waals surface area contributed by atoms with Crippen LogP contribution in [0.5, 0.6) is 0 Å². The van der Waals surface area contributed by atoms with Crippen LogP contribution in [0.4, 0.5) is 0 Å². The molecule has 3 N–H and O–H groups in total. The molecule has 0 aromatic carbocycles. The number of rotatable bonds is 1. The van der Waals surface area contributed by atoms with E-state index < -0.39 is 0 Å². The number of H-pyrrole nitrogens is 1. The molecule has 1 aromatic rings. The monoisotopic (exact) mass is 193 g/mol. The van der Waals surface area contributed by atoms with Gasteiger partial charge in [-0.15, -0.1) is 0 Å². The Morgan fingerprint density at radius 3 is 2.71 bits per heavy atom. The predicted octanol–water partition coefficient (Wildman–Crippen LogP) is 0.755. The van der Waals surface area contributed by atoms with E-state index in [0.717, 1.165) is 31.5 Å². The average molecular weight is 193 g/mol. The summed E-state index contributed by atoms with van der Waals surface area (Å²) in [6.45, 7) is 0. The van der Waals surface area contributed by atoms with Crippen molar-refractivity contribution in [2.75, 3.05) is 0 Å². The molecule has 0 atom stereocenters. The topological polar surface area (TPSA) is 71.8 Å². The van der Waals surface area contributed by atoms with E-state index in [-0.39, 0.29) is 5.56 Å². The molecule has 1 heterocycles. The van der Waals surface area contributed by atoms with Crippen molar-refractivity contribution in [1.82, 2.24) is 9.97 Å². The number of aromatic nitrogens is 2. The van der Waals surface area contributed by atoms with Crippen LogP contribution in [0.1, 0.15) is 37.4 Å². The van der Waals surface area contributed by atoms with E-state index >= 15 is 0 Å². The van der Waals surface area contributed by atoms with Gasteiger partial charge in [0.15, 0.2) is 0 Å². The molecule has 14 heavy (non-hydrogen) atoms. The van der Waals surface area contributed by atoms with Crippen LogP contribution in [0.3, 0.4) is 0 Å². The molecule has 0 amide bonds. The third kappa shape index (κ3) is 2.01. The van der Waals surface area contributed by atoms with Gasteiger partial charge in [0.2, 0.25) is 0 Å². The Bertz CT molecular complexity index is 352. The summed E-state index contributed by atoms with van der Waals surface area (Å²) in [7, 11) is 0. The molecule has 0 spiro atoms. The first kappa shape index (κ1) is 9.40. The number of aromatic amines is 1. The molecule has 1 aromatic heterocycles. The Morgan fingerprint density at radius 2 is 2.07 bits per heavy atom. The Hall–Kier alpha value is -1.16. The fraction of sp³-hybridized carbons (Fsp3) is 0.600. The highest BCUT2D eigenvalue weighted by Gasteiger charge is 2.21. The lowest BCUT2D eigenvalue weighted by molar-refractivity contribution is 0.384. The molecule has 0 bridgehead atoms. The Morgan fingerprint density at radius 1 is 1.36 bits per heavy atom. The summed E-state index contributed by atoms with van der Waals surface area (Å²) in [5.41, 5.74) is 5.75. The van der Waals surface area contributed by atoms with E-state index in [9.17, 15) is 4.79 Å².